The average molecular weight is 366 g/mol. The van der Waals surface area contributed by atoms with Crippen LogP contribution < -0.4 is 0 Å². The van der Waals surface area contributed by atoms with Gasteiger partial charge in [-0.1, -0.05) is 23.2 Å². The van der Waals surface area contributed by atoms with Crippen molar-refractivity contribution in [3.8, 4) is 5.75 Å². The van der Waals surface area contributed by atoms with Crippen LogP contribution in [0.15, 0.2) is 18.5 Å². The average Bonchev–Trinajstić information content (AvgIpc) is 3.19. The molecule has 4 nitrogen and oxygen atoms in total. The quantitative estimate of drug-likeness (QED) is 0.868. The van der Waals surface area contributed by atoms with E-state index >= 15 is 0 Å². The second-order valence-electron chi connectivity index (χ2n) is 6.97. The topological polar surface area (TPSA) is 52.1 Å². The smallest absolute Gasteiger partial charge is 0.118 e. The summed E-state index contributed by atoms with van der Waals surface area (Å²) in [7, 11) is 0. The molecule has 1 saturated heterocycles. The number of halogens is 2. The Kier molecular flexibility index (Phi) is 4.46. The number of aryl methyl sites for hydroxylation is 1. The number of phenols is 1. The zero-order chi connectivity index (χ0) is 16.7. The lowest BCUT2D eigenvalue weighted by molar-refractivity contribution is 0.212. The molecule has 24 heavy (non-hydrogen) atoms. The summed E-state index contributed by atoms with van der Waals surface area (Å²) in [6.07, 6.45) is 7.18. The number of phenolic OH excluding ortho intramolecular Hbond substituents is 1. The van der Waals surface area contributed by atoms with Crippen LogP contribution in [0, 0.1) is 5.92 Å². The molecule has 2 heterocycles. The van der Waals surface area contributed by atoms with E-state index in [9.17, 15) is 5.11 Å². The van der Waals surface area contributed by atoms with Crippen LogP contribution in [0.3, 0.4) is 0 Å². The fourth-order valence-corrected chi connectivity index (χ4v) is 4.76. The highest BCUT2D eigenvalue weighted by Gasteiger charge is 2.32. The number of hydrogen-bond donors (Lipinski definition) is 2. The number of fused-ring (bicyclic) bond motifs is 1. The van der Waals surface area contributed by atoms with Crippen LogP contribution in [0.25, 0.3) is 0 Å². The van der Waals surface area contributed by atoms with Gasteiger partial charge in [0.05, 0.1) is 12.0 Å². The van der Waals surface area contributed by atoms with Gasteiger partial charge < -0.3 is 10.1 Å². The molecule has 1 aromatic heterocycles. The number of aromatic amines is 1. The van der Waals surface area contributed by atoms with Crippen LogP contribution in [0.4, 0.5) is 0 Å². The maximum Gasteiger partial charge on any atom is 0.118 e. The number of nitrogens with one attached hydrogen (secondary N) is 1. The Labute approximate surface area is 151 Å². The van der Waals surface area contributed by atoms with E-state index in [1.54, 1.807) is 12.1 Å². The van der Waals surface area contributed by atoms with Gasteiger partial charge in [0.2, 0.25) is 0 Å². The SMILES string of the molecule is Oc1cc(Cl)c(CC2CCN(C3CCc4nc[nH]c4C3)C2)c(Cl)c1. The monoisotopic (exact) mass is 365 g/mol. The van der Waals surface area contributed by atoms with Gasteiger partial charge in [-0.3, -0.25) is 4.90 Å². The Morgan fingerprint density at radius 3 is 2.83 bits per heavy atom. The summed E-state index contributed by atoms with van der Waals surface area (Å²) in [5.74, 6) is 0.687. The van der Waals surface area contributed by atoms with Gasteiger partial charge in [0.25, 0.3) is 0 Å². The van der Waals surface area contributed by atoms with Crippen LogP contribution in [-0.4, -0.2) is 39.1 Å². The molecule has 0 amide bonds. The predicted octanol–water partition coefficient (Wildman–Crippen LogP) is 3.84. The van der Waals surface area contributed by atoms with E-state index in [2.05, 4.69) is 14.9 Å². The van der Waals surface area contributed by atoms with E-state index in [1.165, 1.54) is 24.2 Å². The normalized spacial score (nSPS) is 24.2. The van der Waals surface area contributed by atoms with Gasteiger partial charge in [0.15, 0.2) is 0 Å². The third kappa shape index (κ3) is 3.15. The van der Waals surface area contributed by atoms with E-state index in [4.69, 9.17) is 23.2 Å². The van der Waals surface area contributed by atoms with Gasteiger partial charge in [0, 0.05) is 34.7 Å². The largest absolute Gasteiger partial charge is 0.508 e. The molecule has 0 spiro atoms. The Hall–Kier alpha value is -1.23. The van der Waals surface area contributed by atoms with Crippen molar-refractivity contribution in [2.24, 2.45) is 5.92 Å². The lowest BCUT2D eigenvalue weighted by Gasteiger charge is -2.30. The molecule has 128 valence electrons. The maximum atomic E-state index is 9.57. The molecular weight excluding hydrogens is 345 g/mol. The van der Waals surface area contributed by atoms with Gasteiger partial charge >= 0.3 is 0 Å². The summed E-state index contributed by atoms with van der Waals surface area (Å²) in [5, 5.41) is 10.7. The summed E-state index contributed by atoms with van der Waals surface area (Å²) in [6.45, 7) is 2.22. The Bertz CT molecular complexity index is 723. The fourth-order valence-electron chi connectivity index (χ4n) is 4.13. The third-order valence-corrected chi connectivity index (χ3v) is 6.09. The number of hydrogen-bond acceptors (Lipinski definition) is 3. The van der Waals surface area contributed by atoms with Crippen molar-refractivity contribution in [2.45, 2.75) is 38.1 Å². The number of likely N-dealkylation sites (tertiary alicyclic amines) is 1. The number of H-pyrrole nitrogens is 1. The highest BCUT2D eigenvalue weighted by atomic mass is 35.5. The molecule has 2 aromatic rings. The van der Waals surface area contributed by atoms with Crippen molar-refractivity contribution >= 4 is 23.2 Å². The standard InChI is InChI=1S/C18H21Cl2N3O/c19-15-7-13(24)8-16(20)14(15)5-11-3-4-23(9-11)12-1-2-17-18(6-12)22-10-21-17/h7-8,10-12,24H,1-6,9H2,(H,21,22). The number of aromatic hydroxyl groups is 1. The number of rotatable bonds is 3. The van der Waals surface area contributed by atoms with E-state index in [0.717, 1.165) is 37.9 Å². The first-order valence-electron chi connectivity index (χ1n) is 8.52. The fraction of sp³-hybridized carbons (Fsp3) is 0.500. The van der Waals surface area contributed by atoms with E-state index in [0.29, 0.717) is 22.0 Å². The first kappa shape index (κ1) is 16.2. The van der Waals surface area contributed by atoms with Crippen molar-refractivity contribution in [2.75, 3.05) is 13.1 Å². The summed E-state index contributed by atoms with van der Waals surface area (Å²) in [5.41, 5.74) is 3.51. The predicted molar refractivity (Wildman–Crippen MR) is 95.9 cm³/mol. The zero-order valence-corrected chi connectivity index (χ0v) is 14.9. The van der Waals surface area contributed by atoms with Crippen LogP contribution in [-0.2, 0) is 19.3 Å². The summed E-state index contributed by atoms with van der Waals surface area (Å²) < 4.78 is 0. The molecular formula is C18H21Cl2N3O. The zero-order valence-electron chi connectivity index (χ0n) is 13.4. The third-order valence-electron chi connectivity index (χ3n) is 5.41. The molecule has 2 atom stereocenters. The Morgan fingerprint density at radius 2 is 2.04 bits per heavy atom. The summed E-state index contributed by atoms with van der Waals surface area (Å²) in [4.78, 5) is 10.3. The number of nitrogens with zero attached hydrogens (tertiary/aromatic N) is 2. The van der Waals surface area contributed by atoms with Gasteiger partial charge in [-0.15, -0.1) is 0 Å². The van der Waals surface area contributed by atoms with Crippen molar-refractivity contribution in [1.82, 2.24) is 14.9 Å². The molecule has 1 aliphatic carbocycles. The van der Waals surface area contributed by atoms with Crippen molar-refractivity contribution in [3.05, 3.63) is 45.5 Å². The first-order chi connectivity index (χ1) is 11.6. The van der Waals surface area contributed by atoms with Crippen molar-refractivity contribution in [1.29, 1.82) is 0 Å². The molecule has 0 bridgehead atoms. The molecule has 1 aromatic carbocycles. The highest BCUT2D eigenvalue weighted by Crippen LogP contribution is 2.34. The molecule has 0 radical (unpaired) electrons. The first-order valence-corrected chi connectivity index (χ1v) is 9.28. The summed E-state index contributed by atoms with van der Waals surface area (Å²) >= 11 is 12.5. The Balaban J connectivity index is 1.41. The molecule has 4 rings (SSSR count). The van der Waals surface area contributed by atoms with E-state index in [-0.39, 0.29) is 5.75 Å². The lowest BCUT2D eigenvalue weighted by Crippen LogP contribution is -2.38. The molecule has 2 unspecified atom stereocenters. The van der Waals surface area contributed by atoms with Crippen molar-refractivity contribution < 1.29 is 5.11 Å². The van der Waals surface area contributed by atoms with Crippen LogP contribution in [0.2, 0.25) is 10.0 Å². The molecule has 2 N–H and O–H groups in total. The minimum atomic E-state index is 0.124. The molecule has 1 aliphatic heterocycles. The van der Waals surface area contributed by atoms with Crippen LogP contribution in [0.1, 0.15) is 29.8 Å². The molecule has 1 fully saturated rings. The highest BCUT2D eigenvalue weighted by molar-refractivity contribution is 6.36. The number of benzene rings is 1. The van der Waals surface area contributed by atoms with Gasteiger partial charge in [-0.25, -0.2) is 4.98 Å². The maximum absolute atomic E-state index is 9.57. The minimum absolute atomic E-state index is 0.124. The molecule has 2 aliphatic rings. The number of aromatic nitrogens is 2. The van der Waals surface area contributed by atoms with Gasteiger partial charge in [-0.2, -0.15) is 0 Å². The molecule has 6 heteroatoms. The summed E-state index contributed by atoms with van der Waals surface area (Å²) in [6, 6.07) is 3.76. The number of imidazole rings is 1. The van der Waals surface area contributed by atoms with Gasteiger partial charge in [0.1, 0.15) is 5.75 Å². The van der Waals surface area contributed by atoms with Gasteiger partial charge in [-0.05, 0) is 55.8 Å². The van der Waals surface area contributed by atoms with Crippen molar-refractivity contribution in [3.63, 3.8) is 0 Å². The Morgan fingerprint density at radius 1 is 1.25 bits per heavy atom. The second kappa shape index (κ2) is 6.58. The molecule has 0 saturated carbocycles. The van der Waals surface area contributed by atoms with Crippen LogP contribution in [0.5, 0.6) is 5.75 Å². The second-order valence-corrected chi connectivity index (χ2v) is 7.78. The van der Waals surface area contributed by atoms with E-state index < -0.39 is 0 Å². The minimum Gasteiger partial charge on any atom is -0.508 e. The lowest BCUT2D eigenvalue weighted by atomic mass is 9.94. The van der Waals surface area contributed by atoms with E-state index in [1.807, 2.05) is 6.33 Å². The van der Waals surface area contributed by atoms with Crippen LogP contribution >= 0.6 is 23.2 Å².